The number of carbonyl (C=O) groups is 1. The molecule has 0 aromatic heterocycles. The van der Waals surface area contributed by atoms with Crippen LogP contribution in [0.5, 0.6) is 17.2 Å². The maximum atomic E-state index is 10.7. The molecule has 5 nitrogen and oxygen atoms in total. The highest BCUT2D eigenvalue weighted by molar-refractivity contribution is 6.18. The number of rotatable bonds is 2. The number of amides is 1. The molecule has 0 atom stereocenters. The van der Waals surface area contributed by atoms with Crippen LogP contribution in [-0.4, -0.2) is 21.2 Å². The van der Waals surface area contributed by atoms with Crippen LogP contribution in [0.15, 0.2) is 18.7 Å². The Morgan fingerprint density at radius 1 is 1.21 bits per heavy atom. The van der Waals surface area contributed by atoms with E-state index in [2.05, 4.69) is 6.58 Å². The fourth-order valence-electron chi connectivity index (χ4n) is 0.921. The Hall–Kier alpha value is -2.17. The molecule has 5 N–H and O–H groups in total. The first-order valence-corrected chi connectivity index (χ1v) is 3.67. The molecule has 0 spiro atoms. The maximum absolute atomic E-state index is 10.7. The molecule has 14 heavy (non-hydrogen) atoms. The van der Waals surface area contributed by atoms with Crippen molar-refractivity contribution < 1.29 is 20.1 Å². The third kappa shape index (κ3) is 1.61. The Bertz CT molecular complexity index is 388. The summed E-state index contributed by atoms with van der Waals surface area (Å²) in [7, 11) is 0. The Morgan fingerprint density at radius 3 is 2.00 bits per heavy atom. The van der Waals surface area contributed by atoms with E-state index in [0.717, 1.165) is 12.1 Å². The predicted molar refractivity (Wildman–Crippen MR) is 49.7 cm³/mol. The lowest BCUT2D eigenvalue weighted by Gasteiger charge is -2.05. The molecule has 0 heterocycles. The molecule has 1 rings (SSSR count). The normalized spacial score (nSPS) is 9.71. The average molecular weight is 195 g/mol. The fourth-order valence-corrected chi connectivity index (χ4v) is 0.921. The topological polar surface area (TPSA) is 104 Å². The zero-order chi connectivity index (χ0) is 10.9. The Balaban J connectivity index is 3.26. The number of phenolic OH excluding ortho intramolecular Hbond substituents is 3. The van der Waals surface area contributed by atoms with Gasteiger partial charge in [-0.3, -0.25) is 4.79 Å². The minimum atomic E-state index is -0.769. The van der Waals surface area contributed by atoms with Gasteiger partial charge < -0.3 is 21.1 Å². The van der Waals surface area contributed by atoms with Crippen LogP contribution in [0.1, 0.15) is 5.56 Å². The molecule has 0 saturated carbocycles. The molecule has 0 bridgehead atoms. The summed E-state index contributed by atoms with van der Waals surface area (Å²) < 4.78 is 0. The standard InChI is InChI=1S/C9H9NO4/c1-4(9(10)14)5-2-6(11)8(13)7(12)3-5/h2-3,11-13H,1H2,(H2,10,14). The van der Waals surface area contributed by atoms with E-state index < -0.39 is 23.2 Å². The lowest BCUT2D eigenvalue weighted by Crippen LogP contribution is -2.11. The van der Waals surface area contributed by atoms with Crippen LogP contribution in [0, 0.1) is 0 Å². The quantitative estimate of drug-likeness (QED) is 0.402. The van der Waals surface area contributed by atoms with E-state index in [1.165, 1.54) is 0 Å². The summed E-state index contributed by atoms with van der Waals surface area (Å²) >= 11 is 0. The summed E-state index contributed by atoms with van der Waals surface area (Å²) in [6.07, 6.45) is 0. The largest absolute Gasteiger partial charge is 0.504 e. The molecule has 1 aromatic rings. The SMILES string of the molecule is C=C(C(N)=O)c1cc(O)c(O)c(O)c1. The van der Waals surface area contributed by atoms with Crippen LogP contribution in [0.3, 0.4) is 0 Å². The van der Waals surface area contributed by atoms with Gasteiger partial charge >= 0.3 is 0 Å². The van der Waals surface area contributed by atoms with Gasteiger partial charge in [-0.15, -0.1) is 0 Å². The highest BCUT2D eigenvalue weighted by atomic mass is 16.3. The Labute approximate surface area is 79.7 Å². The van der Waals surface area contributed by atoms with E-state index in [0.29, 0.717) is 0 Å². The zero-order valence-corrected chi connectivity index (χ0v) is 7.19. The number of primary amides is 1. The Morgan fingerprint density at radius 2 is 1.64 bits per heavy atom. The minimum absolute atomic E-state index is 0.0596. The molecule has 5 heteroatoms. The summed E-state index contributed by atoms with van der Waals surface area (Å²) in [6, 6.07) is 2.17. The summed E-state index contributed by atoms with van der Waals surface area (Å²) in [5, 5.41) is 27.2. The van der Waals surface area contributed by atoms with E-state index in [4.69, 9.17) is 21.1 Å². The van der Waals surface area contributed by atoms with Crippen molar-refractivity contribution in [1.82, 2.24) is 0 Å². The highest BCUT2D eigenvalue weighted by Crippen LogP contribution is 2.36. The third-order valence-corrected chi connectivity index (χ3v) is 1.72. The van der Waals surface area contributed by atoms with Gasteiger partial charge in [0.2, 0.25) is 5.91 Å². The molecular formula is C9H9NO4. The van der Waals surface area contributed by atoms with Gasteiger partial charge in [0, 0.05) is 5.57 Å². The van der Waals surface area contributed by atoms with Crippen LogP contribution in [0.25, 0.3) is 5.57 Å². The molecule has 0 aliphatic carbocycles. The molecule has 1 aromatic carbocycles. The van der Waals surface area contributed by atoms with Gasteiger partial charge in [0.25, 0.3) is 0 Å². The average Bonchev–Trinajstić information content (AvgIpc) is 2.12. The second kappa shape index (κ2) is 3.29. The maximum Gasteiger partial charge on any atom is 0.248 e. The zero-order valence-electron chi connectivity index (χ0n) is 7.19. The van der Waals surface area contributed by atoms with E-state index in [1.807, 2.05) is 0 Å². The third-order valence-electron chi connectivity index (χ3n) is 1.72. The summed E-state index contributed by atoms with van der Waals surface area (Å²) in [5.41, 5.74) is 5.04. The number of benzene rings is 1. The van der Waals surface area contributed by atoms with Crippen LogP contribution in [0.4, 0.5) is 0 Å². The van der Waals surface area contributed by atoms with Crippen molar-refractivity contribution >= 4 is 11.5 Å². The minimum Gasteiger partial charge on any atom is -0.504 e. The molecule has 74 valence electrons. The van der Waals surface area contributed by atoms with Gasteiger partial charge in [0.15, 0.2) is 17.2 Å². The number of aromatic hydroxyl groups is 3. The number of hydrogen-bond acceptors (Lipinski definition) is 4. The number of hydrogen-bond donors (Lipinski definition) is 4. The molecule has 0 unspecified atom stereocenters. The lowest BCUT2D eigenvalue weighted by molar-refractivity contribution is -0.112. The van der Waals surface area contributed by atoms with Gasteiger partial charge in [-0.1, -0.05) is 6.58 Å². The molecular weight excluding hydrogens is 186 g/mol. The molecule has 0 aliphatic heterocycles. The van der Waals surface area contributed by atoms with Crippen molar-refractivity contribution in [2.75, 3.05) is 0 Å². The van der Waals surface area contributed by atoms with E-state index in [1.54, 1.807) is 0 Å². The van der Waals surface area contributed by atoms with Crippen molar-refractivity contribution in [3.63, 3.8) is 0 Å². The molecule has 0 aliphatic rings. The van der Waals surface area contributed by atoms with E-state index in [9.17, 15) is 4.79 Å². The first-order valence-electron chi connectivity index (χ1n) is 3.67. The van der Waals surface area contributed by atoms with Crippen LogP contribution >= 0.6 is 0 Å². The van der Waals surface area contributed by atoms with Crippen LogP contribution < -0.4 is 5.73 Å². The first-order chi connectivity index (χ1) is 6.43. The van der Waals surface area contributed by atoms with Gasteiger partial charge in [-0.25, -0.2) is 0 Å². The van der Waals surface area contributed by atoms with Crippen molar-refractivity contribution in [3.05, 3.63) is 24.3 Å². The molecule has 0 radical (unpaired) electrons. The van der Waals surface area contributed by atoms with E-state index >= 15 is 0 Å². The van der Waals surface area contributed by atoms with Crippen molar-refractivity contribution in [2.45, 2.75) is 0 Å². The van der Waals surface area contributed by atoms with E-state index in [-0.39, 0.29) is 11.1 Å². The Kier molecular flexibility index (Phi) is 2.33. The number of phenols is 3. The molecule has 0 fully saturated rings. The first kappa shape index (κ1) is 9.91. The molecule has 0 saturated heterocycles. The van der Waals surface area contributed by atoms with Gasteiger partial charge in [-0.2, -0.15) is 0 Å². The number of nitrogens with two attached hydrogens (primary N) is 1. The second-order valence-corrected chi connectivity index (χ2v) is 2.71. The van der Waals surface area contributed by atoms with Crippen LogP contribution in [-0.2, 0) is 4.79 Å². The van der Waals surface area contributed by atoms with Crippen molar-refractivity contribution in [3.8, 4) is 17.2 Å². The van der Waals surface area contributed by atoms with Gasteiger partial charge in [-0.05, 0) is 17.7 Å². The summed E-state index contributed by atoms with van der Waals surface area (Å²) in [5.74, 6) is -2.50. The predicted octanol–water partition coefficient (Wildman–Crippen LogP) is 0.302. The lowest BCUT2D eigenvalue weighted by atomic mass is 10.1. The smallest absolute Gasteiger partial charge is 0.248 e. The fraction of sp³-hybridized carbons (Fsp3) is 0. The summed E-state index contributed by atoms with van der Waals surface area (Å²) in [6.45, 7) is 3.36. The molecule has 1 amide bonds. The number of carbonyl (C=O) groups excluding carboxylic acids is 1. The highest BCUT2D eigenvalue weighted by Gasteiger charge is 2.12. The summed E-state index contributed by atoms with van der Waals surface area (Å²) in [4.78, 5) is 10.7. The van der Waals surface area contributed by atoms with Crippen molar-refractivity contribution in [2.24, 2.45) is 5.73 Å². The van der Waals surface area contributed by atoms with Crippen molar-refractivity contribution in [1.29, 1.82) is 0 Å². The van der Waals surface area contributed by atoms with Gasteiger partial charge in [0.05, 0.1) is 0 Å². The second-order valence-electron chi connectivity index (χ2n) is 2.71. The van der Waals surface area contributed by atoms with Crippen LogP contribution in [0.2, 0.25) is 0 Å². The van der Waals surface area contributed by atoms with Gasteiger partial charge in [0.1, 0.15) is 0 Å². The monoisotopic (exact) mass is 195 g/mol.